The Balaban J connectivity index is 1.78. The largest absolute Gasteiger partial charge is 0.324 e. The monoisotopic (exact) mass is 400 g/mol. The fourth-order valence-electron chi connectivity index (χ4n) is 3.63. The van der Waals surface area contributed by atoms with Gasteiger partial charge in [-0.05, 0) is 74.7 Å². The van der Waals surface area contributed by atoms with E-state index >= 15 is 0 Å². The molecule has 4 aromatic rings. The summed E-state index contributed by atoms with van der Waals surface area (Å²) in [6.07, 6.45) is 1.63. The third-order valence-electron chi connectivity index (χ3n) is 5.38. The number of rotatable bonds is 4. The van der Waals surface area contributed by atoms with E-state index in [0.29, 0.717) is 16.7 Å². The lowest BCUT2D eigenvalue weighted by molar-refractivity contribution is -0.116. The van der Waals surface area contributed by atoms with Crippen molar-refractivity contribution in [1.29, 1.82) is 0 Å². The first-order valence-corrected chi connectivity index (χ1v) is 9.86. The van der Waals surface area contributed by atoms with Gasteiger partial charge in [0, 0.05) is 11.9 Å². The number of carbonyl (C=O) groups excluding carboxylic acids is 1. The molecule has 1 N–H and O–H groups in total. The minimum Gasteiger partial charge on any atom is -0.324 e. The van der Waals surface area contributed by atoms with Crippen molar-refractivity contribution < 1.29 is 4.79 Å². The maximum Gasteiger partial charge on any atom is 0.280 e. The first-order valence-electron chi connectivity index (χ1n) is 9.86. The molecule has 0 spiro atoms. The second-order valence-electron chi connectivity index (χ2n) is 7.68. The summed E-state index contributed by atoms with van der Waals surface area (Å²) in [4.78, 5) is 30.4. The number of carbonyl (C=O) groups is 1. The van der Waals surface area contributed by atoms with Crippen LogP contribution in [0.5, 0.6) is 0 Å². The molecular weight excluding hydrogens is 376 g/mol. The summed E-state index contributed by atoms with van der Waals surface area (Å²) in [5.41, 5.74) is 6.09. The van der Waals surface area contributed by atoms with Crippen molar-refractivity contribution in [3.8, 4) is 5.69 Å². The second kappa shape index (κ2) is 7.63. The van der Waals surface area contributed by atoms with Crippen LogP contribution in [0.25, 0.3) is 16.7 Å². The highest BCUT2D eigenvalue weighted by Crippen LogP contribution is 2.18. The zero-order chi connectivity index (χ0) is 21.4. The second-order valence-corrected chi connectivity index (χ2v) is 7.68. The van der Waals surface area contributed by atoms with Crippen LogP contribution in [0, 0.1) is 27.7 Å². The van der Waals surface area contributed by atoms with E-state index in [1.165, 1.54) is 4.68 Å². The predicted molar refractivity (Wildman–Crippen MR) is 119 cm³/mol. The average molecular weight is 400 g/mol. The molecular formula is C24H24N4O2. The molecule has 0 radical (unpaired) electrons. The number of anilines is 1. The normalized spacial score (nSPS) is 11.1. The Bertz CT molecular complexity index is 1330. The summed E-state index contributed by atoms with van der Waals surface area (Å²) in [5.74, 6) is -0.220. The van der Waals surface area contributed by atoms with Gasteiger partial charge in [-0.25, -0.2) is 9.67 Å². The molecule has 0 atom stereocenters. The van der Waals surface area contributed by atoms with Gasteiger partial charge in [-0.2, -0.15) is 0 Å². The minimum absolute atomic E-state index is 0.0318. The van der Waals surface area contributed by atoms with Crippen molar-refractivity contribution in [2.75, 3.05) is 5.32 Å². The van der Waals surface area contributed by atoms with E-state index in [1.54, 1.807) is 23.0 Å². The van der Waals surface area contributed by atoms with Crippen LogP contribution in [0.3, 0.4) is 0 Å². The molecule has 1 amide bonds. The number of fused-ring (bicyclic) bond motifs is 1. The zero-order valence-corrected chi connectivity index (χ0v) is 17.6. The Morgan fingerprint density at radius 2 is 1.77 bits per heavy atom. The molecule has 0 aliphatic rings. The third-order valence-corrected chi connectivity index (χ3v) is 5.38. The van der Waals surface area contributed by atoms with E-state index in [-0.39, 0.29) is 18.0 Å². The molecule has 0 bridgehead atoms. The Kier molecular flexibility index (Phi) is 4.99. The van der Waals surface area contributed by atoms with Gasteiger partial charge in [-0.3, -0.25) is 14.3 Å². The van der Waals surface area contributed by atoms with Crippen LogP contribution in [0.4, 0.5) is 5.69 Å². The van der Waals surface area contributed by atoms with Gasteiger partial charge in [-0.15, -0.1) is 0 Å². The van der Waals surface area contributed by atoms with Crippen molar-refractivity contribution in [2.45, 2.75) is 34.2 Å². The highest BCUT2D eigenvalue weighted by Gasteiger charge is 2.18. The van der Waals surface area contributed by atoms with Gasteiger partial charge in [0.15, 0.2) is 5.65 Å². The van der Waals surface area contributed by atoms with Gasteiger partial charge in [0.1, 0.15) is 6.54 Å². The number of hydrogen-bond acceptors (Lipinski definition) is 3. The summed E-state index contributed by atoms with van der Waals surface area (Å²) in [6.45, 7) is 7.97. The summed E-state index contributed by atoms with van der Waals surface area (Å²) >= 11 is 0. The first kappa shape index (κ1) is 19.6. The molecule has 6 nitrogen and oxygen atoms in total. The van der Waals surface area contributed by atoms with E-state index in [2.05, 4.69) is 10.3 Å². The fourth-order valence-corrected chi connectivity index (χ4v) is 3.63. The smallest absolute Gasteiger partial charge is 0.280 e. The summed E-state index contributed by atoms with van der Waals surface area (Å²) in [7, 11) is 0. The fraction of sp³-hybridized carbons (Fsp3) is 0.208. The van der Waals surface area contributed by atoms with Crippen LogP contribution in [-0.2, 0) is 11.3 Å². The summed E-state index contributed by atoms with van der Waals surface area (Å²) in [5, 5.41) is 3.44. The topological polar surface area (TPSA) is 68.9 Å². The molecule has 2 heterocycles. The molecule has 0 fully saturated rings. The maximum atomic E-state index is 13.1. The van der Waals surface area contributed by atoms with Crippen LogP contribution in [-0.4, -0.2) is 20.3 Å². The lowest BCUT2D eigenvalue weighted by Gasteiger charge is -2.14. The van der Waals surface area contributed by atoms with Gasteiger partial charge in [0.25, 0.3) is 5.56 Å². The molecule has 4 rings (SSSR count). The molecule has 0 aliphatic heterocycles. The van der Waals surface area contributed by atoms with E-state index in [1.807, 2.05) is 64.1 Å². The van der Waals surface area contributed by atoms with Crippen molar-refractivity contribution in [3.63, 3.8) is 0 Å². The Morgan fingerprint density at radius 1 is 0.967 bits per heavy atom. The first-order chi connectivity index (χ1) is 14.3. The van der Waals surface area contributed by atoms with E-state index < -0.39 is 0 Å². The highest BCUT2D eigenvalue weighted by molar-refractivity contribution is 5.92. The lowest BCUT2D eigenvalue weighted by atomic mass is 10.1. The maximum absolute atomic E-state index is 13.1. The SMILES string of the molecule is Cc1ccc(NC(=O)Cn2c3ncccc3c(=O)n2-c2ccc(C)c(C)c2)c(C)c1. The van der Waals surface area contributed by atoms with Crippen molar-refractivity contribution in [2.24, 2.45) is 0 Å². The Labute approximate surface area is 174 Å². The van der Waals surface area contributed by atoms with Crippen LogP contribution in [0.1, 0.15) is 22.3 Å². The predicted octanol–water partition coefficient (Wildman–Crippen LogP) is 4.06. The van der Waals surface area contributed by atoms with Crippen molar-refractivity contribution in [3.05, 3.63) is 87.3 Å². The van der Waals surface area contributed by atoms with E-state index in [4.69, 9.17) is 0 Å². The molecule has 30 heavy (non-hydrogen) atoms. The van der Waals surface area contributed by atoms with Crippen LogP contribution >= 0.6 is 0 Å². The minimum atomic E-state index is -0.220. The van der Waals surface area contributed by atoms with Gasteiger partial charge < -0.3 is 5.32 Å². The van der Waals surface area contributed by atoms with E-state index in [9.17, 15) is 9.59 Å². The molecule has 152 valence electrons. The standard InChI is InChI=1S/C24H24N4O2/c1-15-7-10-21(18(4)12-15)26-22(29)14-27-23-20(6-5-11-25-23)24(30)28(27)19-9-8-16(2)17(3)13-19/h5-13H,14H2,1-4H3,(H,26,29). The number of pyridine rings is 1. The number of nitrogens with one attached hydrogen (secondary N) is 1. The van der Waals surface area contributed by atoms with Gasteiger partial charge in [0.05, 0.1) is 11.1 Å². The number of nitrogens with zero attached hydrogens (tertiary/aromatic N) is 3. The number of amides is 1. The van der Waals surface area contributed by atoms with Gasteiger partial charge >= 0.3 is 0 Å². The highest BCUT2D eigenvalue weighted by atomic mass is 16.2. The van der Waals surface area contributed by atoms with Gasteiger partial charge in [-0.1, -0.05) is 23.8 Å². The molecule has 0 unspecified atom stereocenters. The molecule has 6 heteroatoms. The molecule has 2 aromatic heterocycles. The van der Waals surface area contributed by atoms with Crippen LogP contribution in [0.2, 0.25) is 0 Å². The molecule has 0 aliphatic carbocycles. The summed E-state index contributed by atoms with van der Waals surface area (Å²) in [6, 6.07) is 15.2. The molecule has 0 saturated carbocycles. The lowest BCUT2D eigenvalue weighted by Crippen LogP contribution is -2.27. The summed E-state index contributed by atoms with van der Waals surface area (Å²) < 4.78 is 3.17. The van der Waals surface area contributed by atoms with Crippen molar-refractivity contribution in [1.82, 2.24) is 14.3 Å². The third kappa shape index (κ3) is 3.52. The van der Waals surface area contributed by atoms with Crippen LogP contribution < -0.4 is 10.9 Å². The number of aromatic nitrogens is 3. The van der Waals surface area contributed by atoms with E-state index in [0.717, 1.165) is 27.9 Å². The quantitative estimate of drug-likeness (QED) is 0.562. The number of hydrogen-bond donors (Lipinski definition) is 1. The van der Waals surface area contributed by atoms with Crippen LogP contribution in [0.15, 0.2) is 59.5 Å². The average Bonchev–Trinajstić information content (AvgIpc) is 2.98. The van der Waals surface area contributed by atoms with Gasteiger partial charge in [0.2, 0.25) is 5.91 Å². The number of benzene rings is 2. The zero-order valence-electron chi connectivity index (χ0n) is 17.6. The Morgan fingerprint density at radius 3 is 2.50 bits per heavy atom. The van der Waals surface area contributed by atoms with Crippen molar-refractivity contribution >= 4 is 22.6 Å². The molecule has 0 saturated heterocycles. The Hall–Kier alpha value is -3.67. The number of aryl methyl sites for hydroxylation is 4. The molecule has 2 aromatic carbocycles.